The molecule has 1 N–H and O–H groups in total. The van der Waals surface area contributed by atoms with Crippen LogP contribution in [-0.2, 0) is 4.74 Å². The second kappa shape index (κ2) is 10.8. The first-order valence-electron chi connectivity index (χ1n) is 12.2. The Morgan fingerprint density at radius 3 is 2.53 bits per heavy atom. The quantitative estimate of drug-likeness (QED) is 0.514. The third-order valence-electron chi connectivity index (χ3n) is 7.43. The monoisotopic (exact) mass is 444 g/mol. The number of rotatable bonds is 7. The summed E-state index contributed by atoms with van der Waals surface area (Å²) in [6, 6.07) is 6.43. The number of benzene rings is 1. The highest BCUT2D eigenvalue weighted by Gasteiger charge is 2.41. The Balaban J connectivity index is 1.56. The van der Waals surface area contributed by atoms with E-state index < -0.39 is 0 Å². The Hall–Kier alpha value is -1.99. The second-order valence-electron chi connectivity index (χ2n) is 9.35. The largest absolute Gasteiger partial charge is 0.493 e. The molecule has 0 aromatic heterocycles. The molecule has 7 nitrogen and oxygen atoms in total. The Bertz CT molecular complexity index is 772. The van der Waals surface area contributed by atoms with Gasteiger partial charge in [0.05, 0.1) is 40.0 Å². The van der Waals surface area contributed by atoms with E-state index in [1.54, 1.807) is 14.2 Å². The van der Waals surface area contributed by atoms with E-state index in [1.807, 2.05) is 6.07 Å². The lowest BCUT2D eigenvalue weighted by Gasteiger charge is -2.34. The number of likely N-dealkylation sites (tertiary alicyclic amines) is 1. The maximum Gasteiger partial charge on any atom is 0.194 e. The van der Waals surface area contributed by atoms with Gasteiger partial charge in [0.2, 0.25) is 0 Å². The molecule has 1 aromatic rings. The van der Waals surface area contributed by atoms with Gasteiger partial charge in [0.25, 0.3) is 0 Å². The molecular weight excluding hydrogens is 404 g/mol. The summed E-state index contributed by atoms with van der Waals surface area (Å²) in [7, 11) is 3.37. The smallest absolute Gasteiger partial charge is 0.194 e. The van der Waals surface area contributed by atoms with Crippen molar-refractivity contribution in [3.05, 3.63) is 23.8 Å². The van der Waals surface area contributed by atoms with Crippen LogP contribution in [0.1, 0.15) is 50.6 Å². The molecule has 1 atom stereocenters. The predicted octanol–water partition coefficient (Wildman–Crippen LogP) is 3.31. The molecule has 0 amide bonds. The molecule has 0 bridgehead atoms. The van der Waals surface area contributed by atoms with Gasteiger partial charge in [0.15, 0.2) is 17.5 Å². The Morgan fingerprint density at radius 2 is 1.84 bits per heavy atom. The van der Waals surface area contributed by atoms with E-state index in [0.717, 1.165) is 63.4 Å². The summed E-state index contributed by atoms with van der Waals surface area (Å²) in [5.74, 6) is 2.59. The second-order valence-corrected chi connectivity index (χ2v) is 9.35. The molecule has 3 fully saturated rings. The number of guanidine groups is 1. The van der Waals surface area contributed by atoms with Crippen molar-refractivity contribution in [2.75, 3.05) is 66.7 Å². The molecule has 0 radical (unpaired) electrons. The summed E-state index contributed by atoms with van der Waals surface area (Å²) in [4.78, 5) is 10.2. The van der Waals surface area contributed by atoms with Crippen LogP contribution >= 0.6 is 0 Å². The van der Waals surface area contributed by atoms with Crippen molar-refractivity contribution in [1.82, 2.24) is 15.1 Å². The zero-order valence-electron chi connectivity index (χ0n) is 20.1. The van der Waals surface area contributed by atoms with Gasteiger partial charge in [-0.25, -0.2) is 0 Å². The third kappa shape index (κ3) is 5.15. The van der Waals surface area contributed by atoms with Crippen molar-refractivity contribution in [1.29, 1.82) is 0 Å². The molecule has 1 aliphatic carbocycles. The normalized spacial score (nSPS) is 22.3. The number of hydrogen-bond donors (Lipinski definition) is 1. The molecule has 4 rings (SSSR count). The van der Waals surface area contributed by atoms with E-state index in [2.05, 4.69) is 34.2 Å². The fraction of sp³-hybridized carbons (Fsp3) is 0.720. The van der Waals surface area contributed by atoms with Crippen LogP contribution < -0.4 is 14.8 Å². The fourth-order valence-corrected chi connectivity index (χ4v) is 5.63. The topological polar surface area (TPSA) is 58.6 Å². The minimum absolute atomic E-state index is 0.176. The number of nitrogens with one attached hydrogen (secondary N) is 1. The molecule has 1 saturated carbocycles. The van der Waals surface area contributed by atoms with Crippen LogP contribution in [0, 0.1) is 5.41 Å². The Labute approximate surface area is 193 Å². The zero-order valence-corrected chi connectivity index (χ0v) is 20.1. The maximum atomic E-state index is 5.62. The summed E-state index contributed by atoms with van der Waals surface area (Å²) < 4.78 is 16.7. The van der Waals surface area contributed by atoms with Gasteiger partial charge in [-0.2, -0.15) is 0 Å². The Morgan fingerprint density at radius 1 is 1.09 bits per heavy atom. The van der Waals surface area contributed by atoms with Crippen LogP contribution in [0.3, 0.4) is 0 Å². The van der Waals surface area contributed by atoms with Crippen molar-refractivity contribution in [3.63, 3.8) is 0 Å². The van der Waals surface area contributed by atoms with E-state index in [0.29, 0.717) is 12.0 Å². The van der Waals surface area contributed by atoms with Crippen molar-refractivity contribution in [3.8, 4) is 11.5 Å². The standard InChI is InChI=1S/C25H40N4O3/c1-4-26-24(29-12-11-25(19-29)9-5-6-10-25)27-18-21(28-13-15-32-16-14-28)20-7-8-22(30-2)23(17-20)31-3/h7-8,17,21H,4-6,9-16,18-19H2,1-3H3,(H,26,27). The van der Waals surface area contributed by atoms with E-state index >= 15 is 0 Å². The Kier molecular flexibility index (Phi) is 7.79. The summed E-state index contributed by atoms with van der Waals surface area (Å²) in [5.41, 5.74) is 1.74. The number of ether oxygens (including phenoxy) is 3. The summed E-state index contributed by atoms with van der Waals surface area (Å²) in [6.07, 6.45) is 6.84. The highest BCUT2D eigenvalue weighted by atomic mass is 16.5. The summed E-state index contributed by atoms with van der Waals surface area (Å²) in [6.45, 7) is 9.38. The molecule has 32 heavy (non-hydrogen) atoms. The molecule has 1 unspecified atom stereocenters. The molecule has 7 heteroatoms. The molecule has 3 aliphatic rings. The van der Waals surface area contributed by atoms with Gasteiger partial charge in [-0.3, -0.25) is 9.89 Å². The van der Waals surface area contributed by atoms with Crippen molar-refractivity contribution in [2.45, 2.75) is 45.1 Å². The maximum absolute atomic E-state index is 5.62. The van der Waals surface area contributed by atoms with E-state index in [-0.39, 0.29) is 6.04 Å². The SMILES string of the molecule is CCNC(=NCC(c1ccc(OC)c(OC)c1)N1CCOCC1)N1CCC2(CCCC2)C1. The number of hydrogen-bond acceptors (Lipinski definition) is 5. The van der Waals surface area contributed by atoms with Crippen LogP contribution in [0.5, 0.6) is 11.5 Å². The van der Waals surface area contributed by atoms with Gasteiger partial charge in [-0.05, 0) is 49.3 Å². The average Bonchev–Trinajstić information content (AvgIpc) is 3.48. The fourth-order valence-electron chi connectivity index (χ4n) is 5.63. The number of aliphatic imine (C=N–C) groups is 1. The molecule has 2 heterocycles. The van der Waals surface area contributed by atoms with Crippen molar-refractivity contribution >= 4 is 5.96 Å². The van der Waals surface area contributed by atoms with Gasteiger partial charge < -0.3 is 24.4 Å². The third-order valence-corrected chi connectivity index (χ3v) is 7.43. The number of morpholine rings is 1. The molecule has 1 spiro atoms. The van der Waals surface area contributed by atoms with Gasteiger partial charge in [-0.1, -0.05) is 18.9 Å². The van der Waals surface area contributed by atoms with Crippen LogP contribution in [0.2, 0.25) is 0 Å². The predicted molar refractivity (Wildman–Crippen MR) is 128 cm³/mol. The van der Waals surface area contributed by atoms with E-state index in [9.17, 15) is 0 Å². The molecular formula is C25H40N4O3. The first kappa shape index (κ1) is 23.2. The minimum Gasteiger partial charge on any atom is -0.493 e. The summed E-state index contributed by atoms with van der Waals surface area (Å²) in [5, 5.41) is 3.57. The van der Waals surface area contributed by atoms with Crippen LogP contribution in [0.4, 0.5) is 0 Å². The number of nitrogens with zero attached hydrogens (tertiary/aromatic N) is 3. The first-order valence-corrected chi connectivity index (χ1v) is 12.2. The highest BCUT2D eigenvalue weighted by Crippen LogP contribution is 2.45. The minimum atomic E-state index is 0.176. The highest BCUT2D eigenvalue weighted by molar-refractivity contribution is 5.80. The molecule has 178 valence electrons. The molecule has 2 aliphatic heterocycles. The van der Waals surface area contributed by atoms with E-state index in [1.165, 1.54) is 37.7 Å². The van der Waals surface area contributed by atoms with Gasteiger partial charge in [0, 0.05) is 32.7 Å². The van der Waals surface area contributed by atoms with Gasteiger partial charge >= 0.3 is 0 Å². The first-order chi connectivity index (χ1) is 15.7. The lowest BCUT2D eigenvalue weighted by Crippen LogP contribution is -2.43. The zero-order chi connectivity index (χ0) is 22.4. The van der Waals surface area contributed by atoms with E-state index in [4.69, 9.17) is 19.2 Å². The van der Waals surface area contributed by atoms with Crippen LogP contribution in [-0.4, -0.2) is 82.5 Å². The van der Waals surface area contributed by atoms with Crippen LogP contribution in [0.25, 0.3) is 0 Å². The van der Waals surface area contributed by atoms with Crippen LogP contribution in [0.15, 0.2) is 23.2 Å². The number of methoxy groups -OCH3 is 2. The average molecular weight is 445 g/mol. The molecule has 1 aromatic carbocycles. The lowest BCUT2D eigenvalue weighted by atomic mass is 9.86. The lowest BCUT2D eigenvalue weighted by molar-refractivity contribution is 0.0179. The van der Waals surface area contributed by atoms with Crippen molar-refractivity contribution in [2.24, 2.45) is 10.4 Å². The van der Waals surface area contributed by atoms with Gasteiger partial charge in [0.1, 0.15) is 0 Å². The van der Waals surface area contributed by atoms with Crippen molar-refractivity contribution < 1.29 is 14.2 Å². The van der Waals surface area contributed by atoms with Gasteiger partial charge in [-0.15, -0.1) is 0 Å². The summed E-state index contributed by atoms with van der Waals surface area (Å²) >= 11 is 0. The molecule has 2 saturated heterocycles.